The number of rotatable bonds is 3. The summed E-state index contributed by atoms with van der Waals surface area (Å²) in [6, 6.07) is 0. The molecule has 0 atom stereocenters. The first-order valence-corrected chi connectivity index (χ1v) is 5.61. The Bertz CT molecular complexity index is 201. The lowest BCUT2D eigenvalue weighted by molar-refractivity contribution is 1.12. The standard InChI is InChI=1S/C5H7BrN2S2/c1-2-9-3-4-7-5(6)10-8-4/h2-3H2,1H3. The molecule has 0 aliphatic rings. The van der Waals surface area contributed by atoms with E-state index in [0.717, 1.165) is 21.2 Å². The monoisotopic (exact) mass is 238 g/mol. The van der Waals surface area contributed by atoms with Crippen molar-refractivity contribution >= 4 is 39.2 Å². The van der Waals surface area contributed by atoms with Gasteiger partial charge in [0, 0.05) is 0 Å². The van der Waals surface area contributed by atoms with Crippen LogP contribution in [0.5, 0.6) is 0 Å². The van der Waals surface area contributed by atoms with E-state index >= 15 is 0 Å². The second kappa shape index (κ2) is 4.31. The number of nitrogens with zero attached hydrogens (tertiary/aromatic N) is 2. The molecule has 0 aliphatic carbocycles. The molecule has 1 aromatic rings. The van der Waals surface area contributed by atoms with Crippen molar-refractivity contribution in [3.05, 3.63) is 9.74 Å². The summed E-state index contributed by atoms with van der Waals surface area (Å²) >= 11 is 6.49. The maximum atomic E-state index is 4.15. The lowest BCUT2D eigenvalue weighted by Crippen LogP contribution is -1.82. The topological polar surface area (TPSA) is 25.8 Å². The molecule has 2 nitrogen and oxygen atoms in total. The van der Waals surface area contributed by atoms with Gasteiger partial charge in [-0.1, -0.05) is 6.92 Å². The van der Waals surface area contributed by atoms with Crippen LogP contribution in [0.15, 0.2) is 3.92 Å². The van der Waals surface area contributed by atoms with Gasteiger partial charge >= 0.3 is 0 Å². The Kier molecular flexibility index (Phi) is 3.65. The van der Waals surface area contributed by atoms with E-state index in [1.807, 2.05) is 11.8 Å². The normalized spacial score (nSPS) is 10.2. The molecule has 0 radical (unpaired) electrons. The molecular formula is C5H7BrN2S2. The minimum absolute atomic E-state index is 0.874. The van der Waals surface area contributed by atoms with Gasteiger partial charge in [-0.05, 0) is 33.2 Å². The molecule has 1 rings (SSSR count). The van der Waals surface area contributed by atoms with Gasteiger partial charge in [-0.3, -0.25) is 0 Å². The third kappa shape index (κ3) is 2.56. The van der Waals surface area contributed by atoms with E-state index in [0.29, 0.717) is 0 Å². The highest BCUT2D eigenvalue weighted by Crippen LogP contribution is 2.15. The second-order valence-electron chi connectivity index (χ2n) is 1.60. The molecule has 0 bridgehead atoms. The van der Waals surface area contributed by atoms with Gasteiger partial charge in [0.25, 0.3) is 0 Å². The molecular weight excluding hydrogens is 232 g/mol. The van der Waals surface area contributed by atoms with Crippen LogP contribution in [0.1, 0.15) is 12.7 Å². The van der Waals surface area contributed by atoms with Crippen molar-refractivity contribution in [2.24, 2.45) is 0 Å². The van der Waals surface area contributed by atoms with Crippen molar-refractivity contribution < 1.29 is 0 Å². The number of halogens is 1. The van der Waals surface area contributed by atoms with Gasteiger partial charge in [0.2, 0.25) is 0 Å². The number of hydrogen-bond acceptors (Lipinski definition) is 4. The van der Waals surface area contributed by atoms with Crippen LogP contribution in [0.2, 0.25) is 0 Å². The van der Waals surface area contributed by atoms with Crippen molar-refractivity contribution in [1.29, 1.82) is 0 Å². The summed E-state index contributed by atoms with van der Waals surface area (Å²) in [6.07, 6.45) is 0. The molecule has 5 heteroatoms. The average molecular weight is 239 g/mol. The minimum atomic E-state index is 0.874. The van der Waals surface area contributed by atoms with Crippen LogP contribution in [0.4, 0.5) is 0 Å². The van der Waals surface area contributed by atoms with Crippen LogP contribution in [-0.2, 0) is 5.75 Å². The predicted molar refractivity (Wildman–Crippen MR) is 49.4 cm³/mol. The Hall–Kier alpha value is 0.390. The summed E-state index contributed by atoms with van der Waals surface area (Å²) in [5.74, 6) is 2.99. The van der Waals surface area contributed by atoms with E-state index in [1.165, 1.54) is 11.5 Å². The highest BCUT2D eigenvalue weighted by Gasteiger charge is 1.98. The zero-order chi connectivity index (χ0) is 7.40. The van der Waals surface area contributed by atoms with Gasteiger partial charge in [-0.25, -0.2) is 4.98 Å². The number of hydrogen-bond donors (Lipinski definition) is 0. The second-order valence-corrected chi connectivity index (χ2v) is 4.90. The fraction of sp³-hybridized carbons (Fsp3) is 0.600. The fourth-order valence-electron chi connectivity index (χ4n) is 0.485. The summed E-state index contributed by atoms with van der Waals surface area (Å²) in [7, 11) is 0. The summed E-state index contributed by atoms with van der Waals surface area (Å²) in [5.41, 5.74) is 0. The van der Waals surface area contributed by atoms with E-state index in [1.54, 1.807) is 0 Å². The third-order valence-electron chi connectivity index (χ3n) is 0.879. The highest BCUT2D eigenvalue weighted by atomic mass is 79.9. The molecule has 0 saturated carbocycles. The largest absolute Gasteiger partial charge is 0.212 e. The van der Waals surface area contributed by atoms with Crippen molar-refractivity contribution in [2.75, 3.05) is 5.75 Å². The van der Waals surface area contributed by atoms with E-state index in [9.17, 15) is 0 Å². The first-order valence-electron chi connectivity index (χ1n) is 2.88. The average Bonchev–Trinajstić information content (AvgIpc) is 2.31. The van der Waals surface area contributed by atoms with Crippen molar-refractivity contribution in [1.82, 2.24) is 9.36 Å². The van der Waals surface area contributed by atoms with Gasteiger partial charge in [-0.2, -0.15) is 16.1 Å². The number of thioether (sulfide) groups is 1. The Morgan fingerprint density at radius 1 is 1.70 bits per heavy atom. The molecule has 0 unspecified atom stereocenters. The molecule has 0 amide bonds. The smallest absolute Gasteiger partial charge is 0.179 e. The molecule has 0 aliphatic heterocycles. The third-order valence-corrected chi connectivity index (χ3v) is 2.90. The van der Waals surface area contributed by atoms with Crippen molar-refractivity contribution in [2.45, 2.75) is 12.7 Å². The van der Waals surface area contributed by atoms with Gasteiger partial charge in [0.05, 0.1) is 5.75 Å². The highest BCUT2D eigenvalue weighted by molar-refractivity contribution is 9.11. The summed E-state index contributed by atoms with van der Waals surface area (Å²) < 4.78 is 4.99. The molecule has 0 aromatic carbocycles. The number of aromatic nitrogens is 2. The fourth-order valence-corrected chi connectivity index (χ4v) is 1.94. The maximum absolute atomic E-state index is 4.15. The van der Waals surface area contributed by atoms with E-state index in [-0.39, 0.29) is 0 Å². The van der Waals surface area contributed by atoms with Crippen LogP contribution in [0.3, 0.4) is 0 Å². The van der Waals surface area contributed by atoms with Crippen LogP contribution >= 0.6 is 39.2 Å². The van der Waals surface area contributed by atoms with E-state index in [2.05, 4.69) is 32.2 Å². The van der Waals surface area contributed by atoms with Crippen LogP contribution in [0, 0.1) is 0 Å². The molecule has 0 saturated heterocycles. The van der Waals surface area contributed by atoms with Gasteiger partial charge in [0.1, 0.15) is 0 Å². The van der Waals surface area contributed by atoms with Gasteiger partial charge in [0.15, 0.2) is 9.74 Å². The van der Waals surface area contributed by atoms with Gasteiger partial charge in [-0.15, -0.1) is 0 Å². The summed E-state index contributed by atoms with van der Waals surface area (Å²) in [6.45, 7) is 2.13. The first kappa shape index (κ1) is 8.49. The molecule has 0 fully saturated rings. The van der Waals surface area contributed by atoms with Gasteiger partial charge < -0.3 is 0 Å². The Balaban J connectivity index is 2.42. The quantitative estimate of drug-likeness (QED) is 0.810. The lowest BCUT2D eigenvalue weighted by atomic mass is 10.7. The van der Waals surface area contributed by atoms with Crippen molar-refractivity contribution in [3.8, 4) is 0 Å². The Morgan fingerprint density at radius 2 is 2.50 bits per heavy atom. The zero-order valence-corrected chi connectivity index (χ0v) is 8.72. The predicted octanol–water partition coefficient (Wildman–Crippen LogP) is 2.55. The van der Waals surface area contributed by atoms with E-state index < -0.39 is 0 Å². The summed E-state index contributed by atoms with van der Waals surface area (Å²) in [5, 5.41) is 0. The SMILES string of the molecule is CCSCc1nsc(Br)n1. The van der Waals surface area contributed by atoms with E-state index in [4.69, 9.17) is 0 Å². The first-order chi connectivity index (χ1) is 4.83. The molecule has 1 aromatic heterocycles. The maximum Gasteiger partial charge on any atom is 0.179 e. The molecule has 10 heavy (non-hydrogen) atoms. The van der Waals surface area contributed by atoms with Crippen LogP contribution < -0.4 is 0 Å². The molecule has 0 N–H and O–H groups in total. The van der Waals surface area contributed by atoms with Crippen LogP contribution in [0.25, 0.3) is 0 Å². The Morgan fingerprint density at radius 3 is 3.00 bits per heavy atom. The molecule has 1 heterocycles. The minimum Gasteiger partial charge on any atom is -0.212 e. The summed E-state index contributed by atoms with van der Waals surface area (Å²) in [4.78, 5) is 4.15. The molecule has 56 valence electrons. The Labute approximate surface area is 76.7 Å². The van der Waals surface area contributed by atoms with Crippen LogP contribution in [-0.4, -0.2) is 15.1 Å². The molecule has 0 spiro atoms. The lowest BCUT2D eigenvalue weighted by Gasteiger charge is -1.88. The van der Waals surface area contributed by atoms with Crippen molar-refractivity contribution in [3.63, 3.8) is 0 Å². The zero-order valence-electron chi connectivity index (χ0n) is 5.50.